The van der Waals surface area contributed by atoms with Crippen LogP contribution in [0.4, 0.5) is 11.4 Å². The molecule has 3 aliphatic rings. The molecule has 3 aliphatic heterocycles. The number of amides is 2. The van der Waals surface area contributed by atoms with E-state index in [4.69, 9.17) is 51.4 Å². The molecule has 0 saturated carbocycles. The van der Waals surface area contributed by atoms with Crippen molar-refractivity contribution in [3.8, 4) is 5.75 Å². The molecular weight excluding hydrogens is 546 g/mol. The van der Waals surface area contributed by atoms with Crippen molar-refractivity contribution in [2.24, 2.45) is 10.9 Å². The maximum atomic E-state index is 14.3. The zero-order chi connectivity index (χ0) is 25.4. The second-order valence-corrected chi connectivity index (χ2v) is 10.5. The fraction of sp³-hybridized carbons (Fsp3) is 0.160. The fourth-order valence-electron chi connectivity index (χ4n) is 5.30. The minimum absolute atomic E-state index is 0.0840. The first-order chi connectivity index (χ1) is 17.2. The van der Waals surface area contributed by atoms with Crippen LogP contribution in [0.1, 0.15) is 11.1 Å². The second-order valence-electron chi connectivity index (χ2n) is 8.83. The topological polar surface area (TPSA) is 94.0 Å². The number of para-hydroxylation sites is 1. The van der Waals surface area contributed by atoms with E-state index in [9.17, 15) is 14.7 Å². The van der Waals surface area contributed by atoms with E-state index < -0.39 is 29.3 Å². The van der Waals surface area contributed by atoms with Gasteiger partial charge in [-0.15, -0.1) is 0 Å². The van der Waals surface area contributed by atoms with E-state index in [1.807, 2.05) is 0 Å². The number of hydrogen-bond acceptors (Lipinski definition) is 6. The Balaban J connectivity index is 1.58. The first kappa shape index (κ1) is 23.4. The monoisotopic (exact) mass is 560 g/mol. The summed E-state index contributed by atoms with van der Waals surface area (Å²) >= 11 is 25.3. The van der Waals surface area contributed by atoms with Gasteiger partial charge in [-0.05, 0) is 48.4 Å². The SMILES string of the molecule is O=C1C2C(Cc3ccccc3O)NC3=NC2(C(=O)N1c1cc(Cl)cc(Cl)c1)c1cc(Cl)cc(Cl)c1N3. The molecule has 36 heavy (non-hydrogen) atoms. The van der Waals surface area contributed by atoms with Crippen molar-refractivity contribution in [3.63, 3.8) is 0 Å². The van der Waals surface area contributed by atoms with E-state index >= 15 is 0 Å². The predicted molar refractivity (Wildman–Crippen MR) is 140 cm³/mol. The van der Waals surface area contributed by atoms with Gasteiger partial charge in [-0.1, -0.05) is 64.6 Å². The molecular formula is C25H16Cl4N4O3. The zero-order valence-electron chi connectivity index (χ0n) is 18.2. The number of phenols is 1. The maximum Gasteiger partial charge on any atom is 0.267 e. The summed E-state index contributed by atoms with van der Waals surface area (Å²) in [5.41, 5.74) is 0.0386. The van der Waals surface area contributed by atoms with Crippen molar-refractivity contribution in [2.45, 2.75) is 18.0 Å². The highest BCUT2D eigenvalue weighted by molar-refractivity contribution is 6.39. The van der Waals surface area contributed by atoms with Gasteiger partial charge in [0.05, 0.1) is 22.3 Å². The molecule has 3 aromatic rings. The molecule has 6 rings (SSSR count). The molecule has 1 spiro atoms. The smallest absolute Gasteiger partial charge is 0.267 e. The van der Waals surface area contributed by atoms with Gasteiger partial charge in [0.1, 0.15) is 5.75 Å². The van der Waals surface area contributed by atoms with Crippen LogP contribution in [0, 0.1) is 5.92 Å². The molecule has 1 saturated heterocycles. The number of aliphatic imine (C=N–C) groups is 1. The third-order valence-electron chi connectivity index (χ3n) is 6.72. The Morgan fingerprint density at radius 2 is 1.67 bits per heavy atom. The summed E-state index contributed by atoms with van der Waals surface area (Å²) in [7, 11) is 0. The summed E-state index contributed by atoms with van der Waals surface area (Å²) < 4.78 is 0. The lowest BCUT2D eigenvalue weighted by molar-refractivity contribution is -0.123. The molecule has 3 aromatic carbocycles. The van der Waals surface area contributed by atoms with Crippen LogP contribution < -0.4 is 15.5 Å². The first-order valence-electron chi connectivity index (χ1n) is 10.9. The average molecular weight is 562 g/mol. The molecule has 7 nitrogen and oxygen atoms in total. The molecule has 3 atom stereocenters. The highest BCUT2D eigenvalue weighted by Gasteiger charge is 2.67. The van der Waals surface area contributed by atoms with Gasteiger partial charge in [0, 0.05) is 26.7 Å². The highest BCUT2D eigenvalue weighted by atomic mass is 35.5. The molecule has 2 amide bonds. The summed E-state index contributed by atoms with van der Waals surface area (Å²) in [5.74, 6) is -1.67. The molecule has 182 valence electrons. The number of halogens is 4. The Bertz CT molecular complexity index is 1490. The number of nitrogens with zero attached hydrogens (tertiary/aromatic N) is 2. The molecule has 3 heterocycles. The second kappa shape index (κ2) is 8.28. The molecule has 3 N–H and O–H groups in total. The Labute approximate surface area is 225 Å². The molecule has 2 bridgehead atoms. The van der Waals surface area contributed by atoms with Crippen molar-refractivity contribution in [2.75, 3.05) is 10.2 Å². The van der Waals surface area contributed by atoms with Crippen molar-refractivity contribution < 1.29 is 14.7 Å². The maximum absolute atomic E-state index is 14.3. The van der Waals surface area contributed by atoms with Crippen LogP contribution in [0.15, 0.2) is 59.6 Å². The lowest BCUT2D eigenvalue weighted by atomic mass is 9.72. The van der Waals surface area contributed by atoms with E-state index in [0.717, 1.165) is 4.90 Å². The van der Waals surface area contributed by atoms with Crippen LogP contribution in [0.2, 0.25) is 20.1 Å². The zero-order valence-corrected chi connectivity index (χ0v) is 21.3. The van der Waals surface area contributed by atoms with Gasteiger partial charge in [-0.25, -0.2) is 9.89 Å². The van der Waals surface area contributed by atoms with Crippen LogP contribution in [0.5, 0.6) is 5.75 Å². The van der Waals surface area contributed by atoms with E-state index in [2.05, 4.69) is 10.6 Å². The molecule has 1 fully saturated rings. The normalized spacial score (nSPS) is 24.0. The lowest BCUT2D eigenvalue weighted by Gasteiger charge is -2.43. The number of guanidine groups is 1. The van der Waals surface area contributed by atoms with Crippen LogP contribution in [0.25, 0.3) is 0 Å². The number of anilines is 2. The predicted octanol–water partition coefficient (Wildman–Crippen LogP) is 5.39. The Morgan fingerprint density at radius 3 is 2.39 bits per heavy atom. The van der Waals surface area contributed by atoms with E-state index in [1.165, 1.54) is 18.2 Å². The Kier molecular flexibility index (Phi) is 5.39. The first-order valence-corrected chi connectivity index (χ1v) is 12.4. The number of benzene rings is 3. The van der Waals surface area contributed by atoms with Crippen LogP contribution in [0.3, 0.4) is 0 Å². The minimum Gasteiger partial charge on any atom is -0.508 e. The summed E-state index contributed by atoms with van der Waals surface area (Å²) in [5, 5.41) is 17.9. The molecule has 0 radical (unpaired) electrons. The Hall–Kier alpha value is -2.97. The third kappa shape index (κ3) is 3.38. The summed E-state index contributed by atoms with van der Waals surface area (Å²) in [6.45, 7) is 0. The minimum atomic E-state index is -1.64. The lowest BCUT2D eigenvalue weighted by Crippen LogP contribution is -2.60. The number of carbonyl (C=O) groups excluding carboxylic acids is 2. The van der Waals surface area contributed by atoms with Crippen molar-refractivity contribution in [1.29, 1.82) is 0 Å². The average Bonchev–Trinajstić information content (AvgIpc) is 3.02. The van der Waals surface area contributed by atoms with Crippen molar-refractivity contribution >= 4 is 75.6 Å². The molecule has 0 aromatic heterocycles. The van der Waals surface area contributed by atoms with Gasteiger partial charge >= 0.3 is 0 Å². The standard InChI is InChI=1S/C25H16Cl4N4O3/c26-12-6-13(27)8-15(7-12)33-22(35)20-18(5-11-3-1-2-4-19(11)34)30-24-31-21-16(9-14(28)10-17(21)29)25(20,32-24)23(33)36/h1-4,6-10,18,20,34H,5H2,(H2,30,31,32). The van der Waals surface area contributed by atoms with Crippen LogP contribution >= 0.6 is 46.4 Å². The van der Waals surface area contributed by atoms with E-state index in [0.29, 0.717) is 21.8 Å². The van der Waals surface area contributed by atoms with Crippen LogP contribution in [-0.4, -0.2) is 28.9 Å². The fourth-order valence-corrected chi connectivity index (χ4v) is 6.35. The van der Waals surface area contributed by atoms with Gasteiger partial charge in [0.2, 0.25) is 5.91 Å². The number of hydrogen-bond donors (Lipinski definition) is 3. The number of imide groups is 1. The van der Waals surface area contributed by atoms with Gasteiger partial charge in [-0.2, -0.15) is 0 Å². The van der Waals surface area contributed by atoms with E-state index in [-0.39, 0.29) is 38.9 Å². The van der Waals surface area contributed by atoms with Gasteiger partial charge < -0.3 is 15.7 Å². The third-order valence-corrected chi connectivity index (χ3v) is 7.68. The molecule has 3 unspecified atom stereocenters. The number of aromatic hydroxyl groups is 1. The number of nitrogens with one attached hydrogen (secondary N) is 2. The molecule has 0 aliphatic carbocycles. The number of rotatable bonds is 3. The van der Waals surface area contributed by atoms with Crippen LogP contribution in [-0.2, 0) is 21.5 Å². The van der Waals surface area contributed by atoms with Crippen molar-refractivity contribution in [3.05, 3.63) is 85.8 Å². The number of carbonyl (C=O) groups is 2. The summed E-state index contributed by atoms with van der Waals surface area (Å²) in [6.07, 6.45) is 0.243. The highest BCUT2D eigenvalue weighted by Crippen LogP contribution is 2.54. The van der Waals surface area contributed by atoms with E-state index in [1.54, 1.807) is 36.4 Å². The van der Waals surface area contributed by atoms with Crippen molar-refractivity contribution in [1.82, 2.24) is 5.32 Å². The summed E-state index contributed by atoms with van der Waals surface area (Å²) in [4.78, 5) is 34.1. The van der Waals surface area contributed by atoms with Gasteiger partial charge in [0.15, 0.2) is 11.5 Å². The van der Waals surface area contributed by atoms with Gasteiger partial charge in [0.25, 0.3) is 5.91 Å². The van der Waals surface area contributed by atoms with Gasteiger partial charge in [-0.3, -0.25) is 9.59 Å². The number of fused-ring (bicyclic) bond motifs is 1. The number of phenolic OH excluding ortho intramolecular Hbond substituents is 1. The quantitative estimate of drug-likeness (QED) is 0.373. The summed E-state index contributed by atoms with van der Waals surface area (Å²) in [6, 6.07) is 13.9. The Morgan fingerprint density at radius 1 is 0.972 bits per heavy atom. The largest absolute Gasteiger partial charge is 0.508 e. The molecule has 11 heteroatoms.